The third-order valence-electron chi connectivity index (χ3n) is 3.57. The Morgan fingerprint density at radius 3 is 2.96 bits per heavy atom. The summed E-state index contributed by atoms with van der Waals surface area (Å²) in [6, 6.07) is 12.6. The fourth-order valence-electron chi connectivity index (χ4n) is 2.48. The van der Waals surface area contributed by atoms with Crippen molar-refractivity contribution in [3.8, 4) is 11.8 Å². The summed E-state index contributed by atoms with van der Waals surface area (Å²) in [5.41, 5.74) is 2.87. The lowest BCUT2D eigenvalue weighted by atomic mass is 10.2. The number of rotatable bonds is 5. The van der Waals surface area contributed by atoms with E-state index in [0.29, 0.717) is 11.3 Å². The van der Waals surface area contributed by atoms with E-state index in [1.54, 1.807) is 35.1 Å². The Morgan fingerprint density at radius 1 is 1.38 bits per heavy atom. The molecular formula is C18H16N4O2. The van der Waals surface area contributed by atoms with Crippen molar-refractivity contribution in [2.45, 2.75) is 19.8 Å². The van der Waals surface area contributed by atoms with Gasteiger partial charge in [0.2, 0.25) is 0 Å². The van der Waals surface area contributed by atoms with Gasteiger partial charge in [0.25, 0.3) is 5.91 Å². The van der Waals surface area contributed by atoms with Crippen LogP contribution in [-0.2, 0) is 6.42 Å². The zero-order valence-electron chi connectivity index (χ0n) is 13.2. The smallest absolute Gasteiger partial charge is 0.291 e. The number of carbonyl (C=O) groups excluding carboxylic acids is 1. The molecule has 1 aromatic carbocycles. The molecule has 120 valence electrons. The van der Waals surface area contributed by atoms with Crippen molar-refractivity contribution in [3.63, 3.8) is 0 Å². The predicted octanol–water partition coefficient (Wildman–Crippen LogP) is 3.54. The summed E-state index contributed by atoms with van der Waals surface area (Å²) in [6.45, 7) is 2.06. The molecule has 0 saturated heterocycles. The van der Waals surface area contributed by atoms with Crippen LogP contribution in [0.4, 0.5) is 5.69 Å². The molecule has 0 bridgehead atoms. The maximum atomic E-state index is 12.2. The van der Waals surface area contributed by atoms with Crippen molar-refractivity contribution in [1.29, 1.82) is 5.26 Å². The number of hydrogen-bond acceptors (Lipinski definition) is 4. The molecule has 0 unspecified atom stereocenters. The van der Waals surface area contributed by atoms with Crippen molar-refractivity contribution in [3.05, 3.63) is 65.9 Å². The van der Waals surface area contributed by atoms with Crippen LogP contribution in [0, 0.1) is 11.3 Å². The number of benzene rings is 1. The van der Waals surface area contributed by atoms with Crippen LogP contribution >= 0.6 is 0 Å². The Hall–Kier alpha value is -3.33. The van der Waals surface area contributed by atoms with Crippen LogP contribution in [0.2, 0.25) is 0 Å². The van der Waals surface area contributed by atoms with Crippen molar-refractivity contribution < 1.29 is 9.21 Å². The SMILES string of the molecule is CCCc1c(NC(=O)c2ccco2)cnn1-c1cccc(C#N)c1. The number of nitrogens with zero attached hydrogens (tertiary/aromatic N) is 3. The minimum Gasteiger partial charge on any atom is -0.459 e. The maximum absolute atomic E-state index is 12.2. The summed E-state index contributed by atoms with van der Waals surface area (Å²) < 4.78 is 6.87. The standard InChI is InChI=1S/C18H16N4O2/c1-2-5-16-15(21-18(23)17-8-4-9-24-17)12-20-22(16)14-7-3-6-13(10-14)11-19/h3-4,6-10,12H,2,5H2,1H3,(H,21,23). The molecule has 6 nitrogen and oxygen atoms in total. The molecule has 6 heteroatoms. The third kappa shape index (κ3) is 3.06. The third-order valence-corrected chi connectivity index (χ3v) is 3.57. The number of furan rings is 1. The Bertz CT molecular complexity index is 888. The molecule has 0 aliphatic carbocycles. The van der Waals surface area contributed by atoms with Crippen molar-refractivity contribution in [2.75, 3.05) is 5.32 Å². The second-order valence-electron chi connectivity index (χ2n) is 5.26. The quantitative estimate of drug-likeness (QED) is 0.779. The average molecular weight is 320 g/mol. The highest BCUT2D eigenvalue weighted by Gasteiger charge is 2.16. The Labute approximate surface area is 139 Å². The monoisotopic (exact) mass is 320 g/mol. The summed E-state index contributed by atoms with van der Waals surface area (Å²) in [6.07, 6.45) is 4.71. The fourth-order valence-corrected chi connectivity index (χ4v) is 2.48. The molecule has 0 aliphatic rings. The number of hydrogen-bond donors (Lipinski definition) is 1. The summed E-state index contributed by atoms with van der Waals surface area (Å²) in [7, 11) is 0. The highest BCUT2D eigenvalue weighted by molar-refractivity contribution is 6.02. The Morgan fingerprint density at radius 2 is 2.25 bits per heavy atom. The normalized spacial score (nSPS) is 10.3. The molecule has 2 heterocycles. The zero-order chi connectivity index (χ0) is 16.9. The van der Waals surface area contributed by atoms with Gasteiger partial charge in [-0.05, 0) is 36.8 Å². The molecule has 0 spiro atoms. The first-order valence-corrected chi connectivity index (χ1v) is 7.65. The van der Waals surface area contributed by atoms with Gasteiger partial charge in [-0.15, -0.1) is 0 Å². The first kappa shape index (κ1) is 15.6. The summed E-state index contributed by atoms with van der Waals surface area (Å²) in [5.74, 6) is -0.0700. The van der Waals surface area contributed by atoms with Crippen molar-refractivity contribution in [1.82, 2.24) is 9.78 Å². The van der Waals surface area contributed by atoms with Crippen LogP contribution in [0.1, 0.15) is 35.2 Å². The van der Waals surface area contributed by atoms with Gasteiger partial charge in [-0.3, -0.25) is 4.79 Å². The maximum Gasteiger partial charge on any atom is 0.291 e. The molecule has 0 fully saturated rings. The Balaban J connectivity index is 1.95. The minimum atomic E-state index is -0.317. The minimum absolute atomic E-state index is 0.247. The van der Waals surface area contributed by atoms with Gasteiger partial charge in [0, 0.05) is 0 Å². The van der Waals surface area contributed by atoms with E-state index < -0.39 is 0 Å². The van der Waals surface area contributed by atoms with Gasteiger partial charge < -0.3 is 9.73 Å². The molecule has 0 radical (unpaired) electrons. The Kier molecular flexibility index (Phi) is 4.43. The van der Waals surface area contributed by atoms with Gasteiger partial charge in [0.05, 0.1) is 41.2 Å². The van der Waals surface area contributed by atoms with Gasteiger partial charge in [-0.1, -0.05) is 19.4 Å². The first-order valence-electron chi connectivity index (χ1n) is 7.65. The van der Waals surface area contributed by atoms with Crippen LogP contribution in [0.5, 0.6) is 0 Å². The van der Waals surface area contributed by atoms with E-state index in [1.807, 2.05) is 12.1 Å². The van der Waals surface area contributed by atoms with E-state index in [-0.39, 0.29) is 11.7 Å². The molecule has 3 rings (SSSR count). The lowest BCUT2D eigenvalue weighted by Gasteiger charge is -2.09. The summed E-state index contributed by atoms with van der Waals surface area (Å²) >= 11 is 0. The molecule has 2 aromatic heterocycles. The van der Waals surface area contributed by atoms with Gasteiger partial charge in [-0.2, -0.15) is 10.4 Å². The molecule has 24 heavy (non-hydrogen) atoms. The largest absolute Gasteiger partial charge is 0.459 e. The van der Waals surface area contributed by atoms with Crippen LogP contribution in [-0.4, -0.2) is 15.7 Å². The van der Waals surface area contributed by atoms with E-state index in [2.05, 4.69) is 23.4 Å². The van der Waals surface area contributed by atoms with Crippen LogP contribution in [0.3, 0.4) is 0 Å². The van der Waals surface area contributed by atoms with E-state index in [4.69, 9.17) is 9.68 Å². The fraction of sp³-hybridized carbons (Fsp3) is 0.167. The summed E-state index contributed by atoms with van der Waals surface area (Å²) in [4.78, 5) is 12.2. The number of carbonyl (C=O) groups is 1. The molecule has 3 aromatic rings. The average Bonchev–Trinajstić information content (AvgIpc) is 3.26. The summed E-state index contributed by atoms with van der Waals surface area (Å²) in [5, 5.41) is 16.3. The van der Waals surface area contributed by atoms with Crippen molar-refractivity contribution >= 4 is 11.6 Å². The van der Waals surface area contributed by atoms with Gasteiger partial charge >= 0.3 is 0 Å². The lowest BCUT2D eigenvalue weighted by Crippen LogP contribution is -2.12. The van der Waals surface area contributed by atoms with E-state index in [9.17, 15) is 4.79 Å². The molecule has 0 aliphatic heterocycles. The number of amides is 1. The second kappa shape index (κ2) is 6.84. The highest BCUT2D eigenvalue weighted by atomic mass is 16.3. The molecular weight excluding hydrogens is 304 g/mol. The number of anilines is 1. The number of nitrogens with one attached hydrogen (secondary N) is 1. The van der Waals surface area contributed by atoms with Crippen LogP contribution in [0.15, 0.2) is 53.3 Å². The van der Waals surface area contributed by atoms with Gasteiger partial charge in [-0.25, -0.2) is 4.68 Å². The van der Waals surface area contributed by atoms with E-state index in [1.165, 1.54) is 6.26 Å². The number of nitriles is 1. The van der Waals surface area contributed by atoms with Crippen LogP contribution < -0.4 is 5.32 Å². The molecule has 0 atom stereocenters. The molecule has 0 saturated carbocycles. The van der Waals surface area contributed by atoms with E-state index in [0.717, 1.165) is 24.2 Å². The second-order valence-corrected chi connectivity index (χ2v) is 5.26. The zero-order valence-corrected chi connectivity index (χ0v) is 13.2. The highest BCUT2D eigenvalue weighted by Crippen LogP contribution is 2.22. The first-order chi connectivity index (χ1) is 11.7. The van der Waals surface area contributed by atoms with Crippen molar-refractivity contribution in [2.24, 2.45) is 0 Å². The lowest BCUT2D eigenvalue weighted by molar-refractivity contribution is 0.0996. The predicted molar refractivity (Wildman–Crippen MR) is 88.9 cm³/mol. The van der Waals surface area contributed by atoms with E-state index >= 15 is 0 Å². The molecule has 1 amide bonds. The van der Waals surface area contributed by atoms with Gasteiger partial charge in [0.1, 0.15) is 0 Å². The number of aromatic nitrogens is 2. The van der Waals surface area contributed by atoms with Gasteiger partial charge in [0.15, 0.2) is 5.76 Å². The topological polar surface area (TPSA) is 83.8 Å². The van der Waals surface area contributed by atoms with Crippen LogP contribution in [0.25, 0.3) is 5.69 Å². The molecule has 1 N–H and O–H groups in total.